The first-order valence-electron chi connectivity index (χ1n) is 11.7. The lowest BCUT2D eigenvalue weighted by Gasteiger charge is -2.36. The van der Waals surface area contributed by atoms with Crippen LogP contribution in [0.3, 0.4) is 0 Å². The number of benzene rings is 2. The summed E-state index contributed by atoms with van der Waals surface area (Å²) in [6, 6.07) is 16.6. The fourth-order valence-corrected chi connectivity index (χ4v) is 5.97. The van der Waals surface area contributed by atoms with Crippen molar-refractivity contribution in [2.45, 2.75) is 63.6 Å². The lowest BCUT2D eigenvalue weighted by Crippen LogP contribution is -2.46. The Morgan fingerprint density at radius 1 is 1.15 bits per heavy atom. The van der Waals surface area contributed by atoms with Crippen LogP contribution < -0.4 is 0 Å². The highest BCUT2D eigenvalue weighted by molar-refractivity contribution is 6.30. The molecule has 0 spiro atoms. The molecule has 1 N–H and O–H groups in total. The number of fused-ring (bicyclic) bond motifs is 3. The van der Waals surface area contributed by atoms with E-state index in [9.17, 15) is 9.90 Å². The van der Waals surface area contributed by atoms with Gasteiger partial charge in [0, 0.05) is 45.9 Å². The van der Waals surface area contributed by atoms with E-state index in [4.69, 9.17) is 16.9 Å². The summed E-state index contributed by atoms with van der Waals surface area (Å²) < 4.78 is 2.13. The van der Waals surface area contributed by atoms with Gasteiger partial charge in [0.05, 0.1) is 24.2 Å². The van der Waals surface area contributed by atoms with E-state index in [1.54, 1.807) is 0 Å². The van der Waals surface area contributed by atoms with Gasteiger partial charge in [-0.25, -0.2) is 0 Å². The Labute approximate surface area is 199 Å². The smallest absolute Gasteiger partial charge is 0.179 e. The Hall–Kier alpha value is -2.65. The van der Waals surface area contributed by atoms with E-state index in [1.165, 1.54) is 0 Å². The maximum Gasteiger partial charge on any atom is 0.179 e. The van der Waals surface area contributed by atoms with Crippen LogP contribution in [-0.4, -0.2) is 45.1 Å². The number of hydrogen-bond acceptors (Lipinski definition) is 4. The molecule has 2 aliphatic heterocycles. The summed E-state index contributed by atoms with van der Waals surface area (Å²) in [4.78, 5) is 16.0. The summed E-state index contributed by atoms with van der Waals surface area (Å²) in [6.07, 6.45) is 4.54. The van der Waals surface area contributed by atoms with Crippen molar-refractivity contribution in [3.05, 3.63) is 64.3 Å². The van der Waals surface area contributed by atoms with Gasteiger partial charge in [-0.2, -0.15) is 5.26 Å². The van der Waals surface area contributed by atoms with Gasteiger partial charge in [-0.05, 0) is 74.9 Å². The van der Waals surface area contributed by atoms with Crippen molar-refractivity contribution in [3.8, 4) is 11.8 Å². The second kappa shape index (κ2) is 8.95. The standard InChI is InChI=1S/C27H28ClN3O2/c1-17-27(26(33)16-30-21-9-10-22(30)15-23(32)14-21)24-11-4-18(3-2-12-29)13-25(24)31(17)20-7-5-19(28)6-8-20/h4-8,11,13,21-23,32H,2-3,9-10,14-16H2,1H3/t21-,22+,23-. The minimum absolute atomic E-state index is 0.128. The number of nitrogens with zero attached hydrogens (tertiary/aromatic N) is 3. The summed E-state index contributed by atoms with van der Waals surface area (Å²) in [5.41, 5.74) is 4.69. The molecule has 2 aliphatic rings. The molecule has 2 fully saturated rings. The topological polar surface area (TPSA) is 69.3 Å². The van der Waals surface area contributed by atoms with Crippen molar-refractivity contribution in [1.29, 1.82) is 5.26 Å². The number of aliphatic hydroxyl groups excluding tert-OH is 1. The summed E-state index contributed by atoms with van der Waals surface area (Å²) >= 11 is 6.13. The summed E-state index contributed by atoms with van der Waals surface area (Å²) in [7, 11) is 0. The zero-order valence-corrected chi connectivity index (χ0v) is 19.6. The van der Waals surface area contributed by atoms with Gasteiger partial charge in [0.25, 0.3) is 0 Å². The number of aryl methyl sites for hydroxylation is 1. The second-order valence-corrected chi connectivity index (χ2v) is 9.82. The molecule has 5 nitrogen and oxygen atoms in total. The second-order valence-electron chi connectivity index (χ2n) is 9.39. The van der Waals surface area contributed by atoms with E-state index in [-0.39, 0.29) is 11.9 Å². The summed E-state index contributed by atoms with van der Waals surface area (Å²) in [6.45, 7) is 2.39. The largest absolute Gasteiger partial charge is 0.393 e. The lowest BCUT2D eigenvalue weighted by molar-refractivity contribution is 0.0344. The Morgan fingerprint density at radius 2 is 1.85 bits per heavy atom. The molecule has 2 bridgehead atoms. The minimum Gasteiger partial charge on any atom is -0.393 e. The molecule has 33 heavy (non-hydrogen) atoms. The molecule has 2 saturated heterocycles. The van der Waals surface area contributed by atoms with Gasteiger partial charge in [0.1, 0.15) is 0 Å². The van der Waals surface area contributed by atoms with E-state index in [2.05, 4.69) is 21.6 Å². The highest BCUT2D eigenvalue weighted by Crippen LogP contribution is 2.37. The van der Waals surface area contributed by atoms with E-state index in [0.29, 0.717) is 36.5 Å². The van der Waals surface area contributed by atoms with Crippen molar-refractivity contribution in [1.82, 2.24) is 9.47 Å². The molecule has 3 aromatic rings. The van der Waals surface area contributed by atoms with Crippen LogP contribution in [0.4, 0.5) is 0 Å². The molecular weight excluding hydrogens is 434 g/mol. The monoisotopic (exact) mass is 461 g/mol. The molecule has 6 heteroatoms. The summed E-state index contributed by atoms with van der Waals surface area (Å²) in [5, 5.41) is 20.8. The van der Waals surface area contributed by atoms with E-state index >= 15 is 0 Å². The molecule has 170 valence electrons. The average Bonchev–Trinajstić information content (AvgIpc) is 3.21. The van der Waals surface area contributed by atoms with Gasteiger partial charge in [0.15, 0.2) is 5.78 Å². The fourth-order valence-electron chi connectivity index (χ4n) is 5.84. The third-order valence-corrected chi connectivity index (χ3v) is 7.60. The van der Waals surface area contributed by atoms with Crippen LogP contribution in [0.2, 0.25) is 5.02 Å². The zero-order valence-electron chi connectivity index (χ0n) is 18.8. The number of Topliss-reactive ketones (excluding diaryl/α,β-unsaturated/α-hetero) is 1. The maximum atomic E-state index is 13.7. The number of nitriles is 1. The van der Waals surface area contributed by atoms with Crippen LogP contribution in [0.5, 0.6) is 0 Å². The van der Waals surface area contributed by atoms with Crippen LogP contribution in [-0.2, 0) is 6.42 Å². The summed E-state index contributed by atoms with van der Waals surface area (Å²) in [5.74, 6) is 0.128. The van der Waals surface area contributed by atoms with Crippen molar-refractivity contribution in [3.63, 3.8) is 0 Å². The zero-order chi connectivity index (χ0) is 23.1. The number of aromatic nitrogens is 1. The highest BCUT2D eigenvalue weighted by Gasteiger charge is 2.41. The first kappa shape index (κ1) is 22.2. The molecule has 3 atom stereocenters. The predicted molar refractivity (Wildman–Crippen MR) is 130 cm³/mol. The van der Waals surface area contributed by atoms with Crippen LogP contribution in [0.15, 0.2) is 42.5 Å². The van der Waals surface area contributed by atoms with Gasteiger partial charge in [-0.3, -0.25) is 9.69 Å². The SMILES string of the molecule is Cc1c(C(=O)CN2[C@@H]3CC[C@H]2C[C@H](O)C3)c2ccc(CCC#N)cc2n1-c1ccc(Cl)cc1. The number of carbonyl (C=O) groups excluding carboxylic acids is 1. The lowest BCUT2D eigenvalue weighted by atomic mass is 9.98. The predicted octanol–water partition coefficient (Wildman–Crippen LogP) is 5.22. The molecule has 0 amide bonds. The third-order valence-electron chi connectivity index (χ3n) is 7.34. The quantitative estimate of drug-likeness (QED) is 0.511. The van der Waals surface area contributed by atoms with Gasteiger partial charge in [0.2, 0.25) is 0 Å². The molecule has 3 heterocycles. The fraction of sp³-hybridized carbons (Fsp3) is 0.407. The normalized spacial score (nSPS) is 22.5. The van der Waals surface area contributed by atoms with Crippen LogP contribution in [0.1, 0.15) is 53.7 Å². The van der Waals surface area contributed by atoms with E-state index in [1.807, 2.05) is 43.3 Å². The Kier molecular flexibility index (Phi) is 6.01. The Morgan fingerprint density at radius 3 is 2.52 bits per heavy atom. The maximum absolute atomic E-state index is 13.7. The number of halogens is 1. The number of ketones is 1. The van der Waals surface area contributed by atoms with Gasteiger partial charge in [-0.1, -0.05) is 23.7 Å². The van der Waals surface area contributed by atoms with Crippen molar-refractivity contribution >= 4 is 28.3 Å². The van der Waals surface area contributed by atoms with Crippen LogP contribution in [0, 0.1) is 18.3 Å². The molecule has 0 aliphatic carbocycles. The van der Waals surface area contributed by atoms with Gasteiger partial charge >= 0.3 is 0 Å². The van der Waals surface area contributed by atoms with Crippen molar-refractivity contribution < 1.29 is 9.90 Å². The molecular formula is C27H28ClN3O2. The number of hydrogen-bond donors (Lipinski definition) is 1. The molecule has 0 saturated carbocycles. The van der Waals surface area contributed by atoms with E-state index < -0.39 is 0 Å². The van der Waals surface area contributed by atoms with Crippen molar-refractivity contribution in [2.24, 2.45) is 0 Å². The Balaban J connectivity index is 1.57. The number of piperidine rings is 1. The van der Waals surface area contributed by atoms with Crippen molar-refractivity contribution in [2.75, 3.05) is 6.54 Å². The third kappa shape index (κ3) is 4.08. The molecule has 0 radical (unpaired) electrons. The minimum atomic E-state index is -0.241. The molecule has 1 aromatic heterocycles. The van der Waals surface area contributed by atoms with Gasteiger partial charge in [-0.15, -0.1) is 0 Å². The average molecular weight is 462 g/mol. The number of carbonyl (C=O) groups is 1. The Bertz CT molecular complexity index is 1230. The van der Waals surface area contributed by atoms with E-state index in [0.717, 1.165) is 59.1 Å². The van der Waals surface area contributed by atoms with Gasteiger partial charge < -0.3 is 9.67 Å². The number of aliphatic hydroxyl groups is 1. The van der Waals surface area contributed by atoms with Crippen LogP contribution in [0.25, 0.3) is 16.6 Å². The molecule has 2 aromatic carbocycles. The first-order valence-corrected chi connectivity index (χ1v) is 12.1. The highest BCUT2D eigenvalue weighted by atomic mass is 35.5. The number of rotatable bonds is 6. The molecule has 5 rings (SSSR count). The first-order chi connectivity index (χ1) is 16.0. The van der Waals surface area contributed by atoms with Crippen LogP contribution >= 0.6 is 11.6 Å². The molecule has 0 unspecified atom stereocenters.